The molecular weight excluding hydrogens is 430 g/mol. The zero-order valence-corrected chi connectivity index (χ0v) is 19.4. The van der Waals surface area contributed by atoms with Crippen LogP contribution in [0.25, 0.3) is 5.70 Å². The SMILES string of the molecule is C=C(NC1CCN(C(C)(O)c2ccccc2)C1C)c1cc(Cl)c(NC(O)(O)O)cc1CC. The average molecular weight is 462 g/mol. The standard InChI is InChI=1S/C24H32ClN3O4/c1-5-17-13-22(27-24(30,31)32)20(25)14-19(17)15(2)26-21-11-12-28(16(21)3)23(4,29)18-9-7-6-8-10-18/h6-10,13-14,16,21,26-27,29-32H,2,5,11-12H2,1,3-4H3. The maximum absolute atomic E-state index is 11.3. The molecular formula is C24H32ClN3O4. The lowest BCUT2D eigenvalue weighted by Gasteiger charge is -2.38. The Morgan fingerprint density at radius 1 is 1.19 bits per heavy atom. The molecule has 8 heteroatoms. The van der Waals surface area contributed by atoms with E-state index in [1.807, 2.05) is 44.2 Å². The van der Waals surface area contributed by atoms with Crippen molar-refractivity contribution in [2.45, 2.75) is 57.5 Å². The Hall–Kier alpha value is -2.13. The van der Waals surface area contributed by atoms with Crippen molar-refractivity contribution < 1.29 is 20.4 Å². The van der Waals surface area contributed by atoms with Crippen LogP contribution < -0.4 is 10.6 Å². The predicted octanol–water partition coefficient (Wildman–Crippen LogP) is 2.79. The number of halogens is 1. The van der Waals surface area contributed by atoms with Crippen LogP contribution in [0.3, 0.4) is 0 Å². The quantitative estimate of drug-likeness (QED) is 0.335. The molecule has 1 heterocycles. The van der Waals surface area contributed by atoms with E-state index in [1.54, 1.807) is 12.1 Å². The van der Waals surface area contributed by atoms with E-state index in [-0.39, 0.29) is 22.8 Å². The monoisotopic (exact) mass is 461 g/mol. The maximum Gasteiger partial charge on any atom is 0.367 e. The molecule has 0 aromatic heterocycles. The molecule has 3 rings (SSSR count). The van der Waals surface area contributed by atoms with E-state index in [0.717, 1.165) is 29.7 Å². The summed E-state index contributed by atoms with van der Waals surface area (Å²) < 4.78 is 0. The molecule has 0 aliphatic carbocycles. The van der Waals surface area contributed by atoms with Gasteiger partial charge in [-0.25, -0.2) is 0 Å². The van der Waals surface area contributed by atoms with Gasteiger partial charge in [-0.2, -0.15) is 0 Å². The number of benzene rings is 2. The first-order chi connectivity index (χ1) is 14.9. The van der Waals surface area contributed by atoms with Crippen LogP contribution in [-0.2, 0) is 12.1 Å². The van der Waals surface area contributed by atoms with Gasteiger partial charge in [0.05, 0.1) is 10.7 Å². The van der Waals surface area contributed by atoms with E-state index in [1.165, 1.54) is 0 Å². The number of aryl methyl sites for hydroxylation is 1. The lowest BCUT2D eigenvalue weighted by Crippen LogP contribution is -2.49. The summed E-state index contributed by atoms with van der Waals surface area (Å²) in [6, 6.07) is 13.1. The third kappa shape index (κ3) is 5.26. The van der Waals surface area contributed by atoms with Crippen molar-refractivity contribution in [1.82, 2.24) is 10.2 Å². The summed E-state index contributed by atoms with van der Waals surface area (Å²) in [6.07, 6.45) is -1.59. The second-order valence-corrected chi connectivity index (χ2v) is 8.85. The van der Waals surface area contributed by atoms with Crippen LogP contribution in [0.1, 0.15) is 43.9 Å². The van der Waals surface area contributed by atoms with Gasteiger partial charge in [0.1, 0.15) is 5.72 Å². The van der Waals surface area contributed by atoms with Crippen molar-refractivity contribution in [2.24, 2.45) is 0 Å². The van der Waals surface area contributed by atoms with Gasteiger partial charge in [-0.3, -0.25) is 4.90 Å². The largest absolute Gasteiger partial charge is 0.381 e. The van der Waals surface area contributed by atoms with Crippen LogP contribution in [0.2, 0.25) is 5.02 Å². The second kappa shape index (κ2) is 9.39. The minimum atomic E-state index is -3.07. The number of anilines is 1. The van der Waals surface area contributed by atoms with Gasteiger partial charge < -0.3 is 31.1 Å². The average Bonchev–Trinajstić information content (AvgIpc) is 3.09. The zero-order valence-electron chi connectivity index (χ0n) is 18.6. The van der Waals surface area contributed by atoms with E-state index in [0.29, 0.717) is 12.1 Å². The first-order valence-corrected chi connectivity index (χ1v) is 11.1. The number of rotatable bonds is 8. The van der Waals surface area contributed by atoms with Gasteiger partial charge in [0.2, 0.25) is 0 Å². The fourth-order valence-corrected chi connectivity index (χ4v) is 4.65. The van der Waals surface area contributed by atoms with Crippen LogP contribution in [0.15, 0.2) is 49.0 Å². The summed E-state index contributed by atoms with van der Waals surface area (Å²) in [5.74, 6) is 0. The van der Waals surface area contributed by atoms with E-state index >= 15 is 0 Å². The summed E-state index contributed by atoms with van der Waals surface area (Å²) in [7, 11) is 0. The van der Waals surface area contributed by atoms with Gasteiger partial charge >= 0.3 is 6.10 Å². The number of hydrogen-bond acceptors (Lipinski definition) is 7. The molecule has 1 saturated heterocycles. The van der Waals surface area contributed by atoms with Crippen molar-refractivity contribution in [2.75, 3.05) is 11.9 Å². The molecule has 174 valence electrons. The molecule has 6 N–H and O–H groups in total. The predicted molar refractivity (Wildman–Crippen MR) is 127 cm³/mol. The van der Waals surface area contributed by atoms with Crippen molar-refractivity contribution in [3.05, 3.63) is 70.8 Å². The molecule has 0 spiro atoms. The molecule has 0 radical (unpaired) electrons. The van der Waals surface area contributed by atoms with Crippen molar-refractivity contribution in [3.8, 4) is 0 Å². The normalized spacial score (nSPS) is 21.2. The van der Waals surface area contributed by atoms with Crippen molar-refractivity contribution >= 4 is 23.0 Å². The van der Waals surface area contributed by atoms with Crippen LogP contribution in [0, 0.1) is 0 Å². The van der Waals surface area contributed by atoms with Crippen LogP contribution in [0.4, 0.5) is 5.69 Å². The number of aliphatic hydroxyl groups is 4. The molecule has 3 atom stereocenters. The molecule has 1 fully saturated rings. The highest BCUT2D eigenvalue weighted by atomic mass is 35.5. The Morgan fingerprint density at radius 2 is 1.84 bits per heavy atom. The number of nitrogens with zero attached hydrogens (tertiary/aromatic N) is 1. The second-order valence-electron chi connectivity index (χ2n) is 8.44. The fourth-order valence-electron chi connectivity index (χ4n) is 4.44. The zero-order chi connectivity index (χ0) is 23.7. The van der Waals surface area contributed by atoms with Crippen molar-refractivity contribution in [3.63, 3.8) is 0 Å². The minimum absolute atomic E-state index is 0.0437. The summed E-state index contributed by atoms with van der Waals surface area (Å²) in [4.78, 5) is 2.08. The van der Waals surface area contributed by atoms with Gasteiger partial charge in [0, 0.05) is 29.9 Å². The first-order valence-electron chi connectivity index (χ1n) is 10.7. The molecule has 1 aliphatic heterocycles. The molecule has 0 saturated carbocycles. The van der Waals surface area contributed by atoms with Gasteiger partial charge in [-0.15, -0.1) is 0 Å². The highest BCUT2D eigenvalue weighted by molar-refractivity contribution is 6.33. The minimum Gasteiger partial charge on any atom is -0.381 e. The molecule has 3 unspecified atom stereocenters. The highest BCUT2D eigenvalue weighted by Gasteiger charge is 2.41. The van der Waals surface area contributed by atoms with Crippen molar-refractivity contribution in [1.29, 1.82) is 0 Å². The van der Waals surface area contributed by atoms with Gasteiger partial charge in [-0.1, -0.05) is 55.4 Å². The van der Waals surface area contributed by atoms with E-state index in [2.05, 4.69) is 29.0 Å². The number of nitrogens with one attached hydrogen (secondary N) is 2. The summed E-state index contributed by atoms with van der Waals surface area (Å²) in [6.45, 7) is 10.8. The highest BCUT2D eigenvalue weighted by Crippen LogP contribution is 2.35. The van der Waals surface area contributed by atoms with Gasteiger partial charge in [0.25, 0.3) is 0 Å². The van der Waals surface area contributed by atoms with Gasteiger partial charge in [0.15, 0.2) is 0 Å². The Kier molecular flexibility index (Phi) is 7.19. The fraction of sp³-hybridized carbons (Fsp3) is 0.417. The molecule has 0 bridgehead atoms. The molecule has 0 amide bonds. The Morgan fingerprint density at radius 3 is 2.44 bits per heavy atom. The summed E-state index contributed by atoms with van der Waals surface area (Å²) in [5, 5.41) is 44.8. The molecule has 2 aromatic rings. The molecule has 32 heavy (non-hydrogen) atoms. The number of hydrogen-bond donors (Lipinski definition) is 6. The number of likely N-dealkylation sites (tertiary alicyclic amines) is 1. The Balaban J connectivity index is 1.77. The summed E-state index contributed by atoms with van der Waals surface area (Å²) in [5.41, 5.74) is 2.33. The first kappa shape index (κ1) is 24.5. The molecule has 2 aromatic carbocycles. The topological polar surface area (TPSA) is 108 Å². The van der Waals surface area contributed by atoms with Gasteiger partial charge in [-0.05, 0) is 49.9 Å². The smallest absolute Gasteiger partial charge is 0.367 e. The summed E-state index contributed by atoms with van der Waals surface area (Å²) >= 11 is 6.30. The third-order valence-corrected chi connectivity index (χ3v) is 6.51. The van der Waals surface area contributed by atoms with E-state index < -0.39 is 11.8 Å². The molecule has 1 aliphatic rings. The molecule has 7 nitrogen and oxygen atoms in total. The van der Waals surface area contributed by atoms with E-state index in [4.69, 9.17) is 11.6 Å². The lowest BCUT2D eigenvalue weighted by molar-refractivity contribution is -0.289. The van der Waals surface area contributed by atoms with E-state index in [9.17, 15) is 20.4 Å². The maximum atomic E-state index is 11.3. The van der Waals surface area contributed by atoms with Crippen LogP contribution >= 0.6 is 11.6 Å². The Bertz CT molecular complexity index is 960. The lowest BCUT2D eigenvalue weighted by atomic mass is 9.99. The third-order valence-electron chi connectivity index (χ3n) is 6.20. The Labute approximate surface area is 194 Å². The van der Waals surface area contributed by atoms with Crippen LogP contribution in [0.5, 0.6) is 0 Å². The van der Waals surface area contributed by atoms with Crippen LogP contribution in [-0.4, -0.2) is 50.1 Å².